The summed E-state index contributed by atoms with van der Waals surface area (Å²) < 4.78 is 28.9. The molecule has 2 nitrogen and oxygen atoms in total. The van der Waals surface area contributed by atoms with Gasteiger partial charge in [0.1, 0.15) is 5.75 Å². The van der Waals surface area contributed by atoms with Gasteiger partial charge in [-0.3, -0.25) is 0 Å². The van der Waals surface area contributed by atoms with Crippen LogP contribution in [-0.4, -0.2) is 12.7 Å². The average Bonchev–Trinajstić information content (AvgIpc) is 3.04. The van der Waals surface area contributed by atoms with Gasteiger partial charge in [0, 0.05) is 6.04 Å². The lowest BCUT2D eigenvalue weighted by molar-refractivity contribution is -0.0493. The summed E-state index contributed by atoms with van der Waals surface area (Å²) in [5.74, 6) is 1.02. The van der Waals surface area contributed by atoms with Gasteiger partial charge in [-0.15, -0.1) is 0 Å². The van der Waals surface area contributed by atoms with E-state index in [1.54, 1.807) is 18.2 Å². The van der Waals surface area contributed by atoms with E-state index in [1.165, 1.54) is 12.8 Å². The normalized spacial score (nSPS) is 16.9. The molecule has 1 aliphatic rings. The monoisotopic (exact) mass is 241 g/mol. The van der Waals surface area contributed by atoms with Crippen LogP contribution in [0.1, 0.15) is 26.2 Å². The molecule has 1 fully saturated rings. The van der Waals surface area contributed by atoms with E-state index >= 15 is 0 Å². The zero-order valence-electron chi connectivity index (χ0n) is 9.83. The van der Waals surface area contributed by atoms with Crippen LogP contribution in [0.2, 0.25) is 0 Å². The van der Waals surface area contributed by atoms with Crippen molar-refractivity contribution < 1.29 is 13.5 Å². The van der Waals surface area contributed by atoms with Crippen LogP contribution in [0.25, 0.3) is 0 Å². The fraction of sp³-hybridized carbons (Fsp3) is 0.538. The van der Waals surface area contributed by atoms with Crippen LogP contribution in [0.15, 0.2) is 24.3 Å². The van der Waals surface area contributed by atoms with Gasteiger partial charge in [-0.25, -0.2) is 0 Å². The van der Waals surface area contributed by atoms with Crippen molar-refractivity contribution >= 4 is 5.69 Å². The smallest absolute Gasteiger partial charge is 0.387 e. The van der Waals surface area contributed by atoms with Crippen LogP contribution in [0.4, 0.5) is 14.5 Å². The molecule has 94 valence electrons. The first-order chi connectivity index (χ1) is 8.15. The van der Waals surface area contributed by atoms with Gasteiger partial charge in [-0.2, -0.15) is 8.78 Å². The summed E-state index contributed by atoms with van der Waals surface area (Å²) in [6.07, 6.45) is 3.67. The molecule has 0 amide bonds. The zero-order chi connectivity index (χ0) is 12.3. The molecule has 1 N–H and O–H groups in total. The molecule has 1 aromatic carbocycles. The molecule has 0 saturated heterocycles. The number of hydrogen-bond donors (Lipinski definition) is 1. The molecule has 0 bridgehead atoms. The molecule has 0 aromatic heterocycles. The topological polar surface area (TPSA) is 21.3 Å². The van der Waals surface area contributed by atoms with Crippen molar-refractivity contribution in [2.24, 2.45) is 5.92 Å². The molecule has 1 atom stereocenters. The summed E-state index contributed by atoms with van der Waals surface area (Å²) >= 11 is 0. The maximum Gasteiger partial charge on any atom is 0.387 e. The van der Waals surface area contributed by atoms with Gasteiger partial charge in [0.05, 0.1) is 5.69 Å². The number of ether oxygens (including phenoxy) is 1. The van der Waals surface area contributed by atoms with Crippen LogP contribution < -0.4 is 10.1 Å². The summed E-state index contributed by atoms with van der Waals surface area (Å²) in [6, 6.07) is 7.10. The van der Waals surface area contributed by atoms with E-state index in [9.17, 15) is 8.78 Å². The minimum atomic E-state index is -2.78. The first-order valence-electron chi connectivity index (χ1n) is 5.95. The summed E-state index contributed by atoms with van der Waals surface area (Å²) in [5, 5.41) is 3.23. The average molecular weight is 241 g/mol. The summed E-state index contributed by atoms with van der Waals surface area (Å²) in [7, 11) is 0. The van der Waals surface area contributed by atoms with Gasteiger partial charge in [-0.05, 0) is 31.4 Å². The summed E-state index contributed by atoms with van der Waals surface area (Å²) in [6.45, 7) is -0.714. The largest absolute Gasteiger partial charge is 0.433 e. The highest BCUT2D eigenvalue weighted by Crippen LogP contribution is 2.35. The fourth-order valence-electron chi connectivity index (χ4n) is 1.96. The van der Waals surface area contributed by atoms with Crippen molar-refractivity contribution in [2.75, 3.05) is 5.32 Å². The van der Waals surface area contributed by atoms with E-state index in [1.807, 2.05) is 6.07 Å². The Morgan fingerprint density at radius 2 is 2.06 bits per heavy atom. The molecule has 0 aliphatic heterocycles. The van der Waals surface area contributed by atoms with Crippen molar-refractivity contribution in [3.8, 4) is 5.75 Å². The van der Waals surface area contributed by atoms with Crippen LogP contribution in [-0.2, 0) is 0 Å². The molecule has 1 aliphatic carbocycles. The highest BCUT2D eigenvalue weighted by atomic mass is 19.3. The molecule has 2 rings (SSSR count). The van der Waals surface area contributed by atoms with Crippen molar-refractivity contribution in [1.29, 1.82) is 0 Å². The molecule has 0 heterocycles. The molecule has 4 heteroatoms. The van der Waals surface area contributed by atoms with Crippen molar-refractivity contribution in [2.45, 2.75) is 38.8 Å². The number of alkyl halides is 2. The predicted molar refractivity (Wildman–Crippen MR) is 63.5 cm³/mol. The van der Waals surface area contributed by atoms with Gasteiger partial charge in [-0.1, -0.05) is 25.0 Å². The summed E-state index contributed by atoms with van der Waals surface area (Å²) in [5.41, 5.74) is 0.640. The van der Waals surface area contributed by atoms with E-state index in [-0.39, 0.29) is 11.8 Å². The predicted octanol–water partition coefficient (Wildman–Crippen LogP) is 3.89. The molecule has 17 heavy (non-hydrogen) atoms. The zero-order valence-corrected chi connectivity index (χ0v) is 9.83. The Hall–Kier alpha value is -1.32. The SMILES string of the molecule is CC(CC1CC1)Nc1ccccc1OC(F)F. The Kier molecular flexibility index (Phi) is 3.82. The van der Waals surface area contributed by atoms with E-state index in [0.29, 0.717) is 5.69 Å². The number of halogens is 2. The Labute approximate surface area is 100.0 Å². The Morgan fingerprint density at radius 1 is 1.35 bits per heavy atom. The van der Waals surface area contributed by atoms with Gasteiger partial charge in [0.15, 0.2) is 0 Å². The van der Waals surface area contributed by atoms with Crippen LogP contribution in [0.5, 0.6) is 5.75 Å². The van der Waals surface area contributed by atoms with Crippen LogP contribution in [0, 0.1) is 5.92 Å². The molecule has 1 aromatic rings. The number of rotatable bonds is 6. The van der Waals surface area contributed by atoms with Gasteiger partial charge < -0.3 is 10.1 Å². The maximum atomic E-state index is 12.2. The molecule has 1 unspecified atom stereocenters. The Morgan fingerprint density at radius 3 is 2.71 bits per heavy atom. The number of para-hydroxylation sites is 2. The lowest BCUT2D eigenvalue weighted by Gasteiger charge is -2.17. The second-order valence-corrected chi connectivity index (χ2v) is 4.60. The molecular weight excluding hydrogens is 224 g/mol. The number of nitrogens with one attached hydrogen (secondary N) is 1. The van der Waals surface area contributed by atoms with Crippen molar-refractivity contribution in [1.82, 2.24) is 0 Å². The molecular formula is C13H17F2NO. The standard InChI is InChI=1S/C13H17F2NO/c1-9(8-10-6-7-10)16-11-4-2-3-5-12(11)17-13(14)15/h2-5,9-10,13,16H,6-8H2,1H3. The van der Waals surface area contributed by atoms with Crippen LogP contribution >= 0.6 is 0 Å². The van der Waals surface area contributed by atoms with E-state index in [4.69, 9.17) is 0 Å². The number of anilines is 1. The summed E-state index contributed by atoms with van der Waals surface area (Å²) in [4.78, 5) is 0. The molecule has 1 saturated carbocycles. The van der Waals surface area contributed by atoms with E-state index in [0.717, 1.165) is 12.3 Å². The van der Waals surface area contributed by atoms with Gasteiger partial charge >= 0.3 is 6.61 Å². The van der Waals surface area contributed by atoms with Crippen molar-refractivity contribution in [3.05, 3.63) is 24.3 Å². The third kappa shape index (κ3) is 3.88. The van der Waals surface area contributed by atoms with Gasteiger partial charge in [0.2, 0.25) is 0 Å². The quantitative estimate of drug-likeness (QED) is 0.815. The maximum absolute atomic E-state index is 12.2. The van der Waals surface area contributed by atoms with Crippen molar-refractivity contribution in [3.63, 3.8) is 0 Å². The fourth-order valence-corrected chi connectivity index (χ4v) is 1.96. The minimum Gasteiger partial charge on any atom is -0.433 e. The Bertz CT molecular complexity index is 366. The lowest BCUT2D eigenvalue weighted by atomic mass is 10.1. The number of benzene rings is 1. The van der Waals surface area contributed by atoms with E-state index < -0.39 is 6.61 Å². The second-order valence-electron chi connectivity index (χ2n) is 4.60. The minimum absolute atomic E-state index is 0.213. The van der Waals surface area contributed by atoms with Gasteiger partial charge in [0.25, 0.3) is 0 Å². The first-order valence-corrected chi connectivity index (χ1v) is 5.95. The molecule has 0 spiro atoms. The third-order valence-corrected chi connectivity index (χ3v) is 2.89. The second kappa shape index (κ2) is 5.34. The molecule has 0 radical (unpaired) electrons. The first kappa shape index (κ1) is 12.1. The Balaban J connectivity index is 1.97. The number of hydrogen-bond acceptors (Lipinski definition) is 2. The van der Waals surface area contributed by atoms with E-state index in [2.05, 4.69) is 17.0 Å². The third-order valence-electron chi connectivity index (χ3n) is 2.89. The van der Waals surface area contributed by atoms with Crippen LogP contribution in [0.3, 0.4) is 0 Å². The highest BCUT2D eigenvalue weighted by molar-refractivity contribution is 5.56. The lowest BCUT2D eigenvalue weighted by Crippen LogP contribution is -2.17. The highest BCUT2D eigenvalue weighted by Gasteiger charge is 2.23.